The van der Waals surface area contributed by atoms with Crippen molar-refractivity contribution < 1.29 is 15.0 Å². The highest BCUT2D eigenvalue weighted by Gasteiger charge is 2.17. The molecule has 0 fully saturated rings. The molecule has 4 heteroatoms. The Hall–Kier alpha value is -3.47. The number of unbranched alkanes of at least 4 members (excludes halogenated alkanes) is 21. The minimum absolute atomic E-state index is 0.0833. The van der Waals surface area contributed by atoms with E-state index in [-0.39, 0.29) is 12.5 Å². The van der Waals surface area contributed by atoms with Crippen molar-refractivity contribution in [3.63, 3.8) is 0 Å². The van der Waals surface area contributed by atoms with E-state index in [1.807, 2.05) is 6.08 Å². The Kier molecular flexibility index (Phi) is 52.9. The molecule has 2 atom stereocenters. The molecule has 0 rings (SSSR count). The number of rotatable bonds is 48. The Balaban J connectivity index is 3.55. The second-order valence-corrected chi connectivity index (χ2v) is 17.9. The van der Waals surface area contributed by atoms with Gasteiger partial charge in [-0.25, -0.2) is 0 Å². The monoisotopic (exact) mass is 910 g/mol. The summed E-state index contributed by atoms with van der Waals surface area (Å²) in [5.41, 5.74) is 0. The lowest BCUT2D eigenvalue weighted by Crippen LogP contribution is -2.45. The first-order chi connectivity index (χ1) is 32.7. The van der Waals surface area contributed by atoms with Gasteiger partial charge in [0.2, 0.25) is 5.91 Å². The molecular formula is C62H103NO3. The SMILES string of the molecule is CC/C=C\C/C=C\C/C=C\C/C=C\C/C=C\C/C=C\C/C=C\C/C=C\CCCCCCCCCCCCCCCCCCC(=O)NC(CO)C(O)/C=C/CC/C=C/CC/C=C/CCCCC. The maximum Gasteiger partial charge on any atom is 0.220 e. The quantitative estimate of drug-likeness (QED) is 0.0421. The lowest BCUT2D eigenvalue weighted by molar-refractivity contribution is -0.123. The first-order valence-electron chi connectivity index (χ1n) is 27.4. The fourth-order valence-corrected chi connectivity index (χ4v) is 7.46. The van der Waals surface area contributed by atoms with Crippen LogP contribution in [0.5, 0.6) is 0 Å². The zero-order valence-corrected chi connectivity index (χ0v) is 42.9. The predicted octanol–water partition coefficient (Wildman–Crippen LogP) is 18.2. The van der Waals surface area contributed by atoms with Gasteiger partial charge in [-0.3, -0.25) is 4.79 Å². The lowest BCUT2D eigenvalue weighted by atomic mass is 10.0. The van der Waals surface area contributed by atoms with Crippen LogP contribution in [0.3, 0.4) is 0 Å². The van der Waals surface area contributed by atoms with E-state index >= 15 is 0 Å². The lowest BCUT2D eigenvalue weighted by Gasteiger charge is -2.19. The maximum atomic E-state index is 12.4. The predicted molar refractivity (Wildman–Crippen MR) is 294 cm³/mol. The van der Waals surface area contributed by atoms with Crippen LogP contribution in [0, 0.1) is 0 Å². The van der Waals surface area contributed by atoms with Gasteiger partial charge < -0.3 is 15.5 Å². The van der Waals surface area contributed by atoms with Gasteiger partial charge >= 0.3 is 0 Å². The van der Waals surface area contributed by atoms with Gasteiger partial charge in [-0.05, 0) is 109 Å². The third-order valence-electron chi connectivity index (χ3n) is 11.6. The van der Waals surface area contributed by atoms with Crippen molar-refractivity contribution in [1.82, 2.24) is 5.32 Å². The fourth-order valence-electron chi connectivity index (χ4n) is 7.46. The molecule has 0 aliphatic carbocycles. The van der Waals surface area contributed by atoms with Crippen LogP contribution in [0.25, 0.3) is 0 Å². The van der Waals surface area contributed by atoms with E-state index in [9.17, 15) is 15.0 Å². The number of carbonyl (C=O) groups is 1. The number of allylic oxidation sites excluding steroid dienone is 21. The van der Waals surface area contributed by atoms with Crippen LogP contribution in [0.15, 0.2) is 134 Å². The molecule has 0 spiro atoms. The summed E-state index contributed by atoms with van der Waals surface area (Å²) in [6, 6.07) is -0.651. The molecule has 66 heavy (non-hydrogen) atoms. The van der Waals surface area contributed by atoms with Crippen LogP contribution in [0.4, 0.5) is 0 Å². The van der Waals surface area contributed by atoms with E-state index in [1.54, 1.807) is 6.08 Å². The van der Waals surface area contributed by atoms with Crippen molar-refractivity contribution in [2.24, 2.45) is 0 Å². The van der Waals surface area contributed by atoms with Crippen molar-refractivity contribution in [3.8, 4) is 0 Å². The molecule has 0 aliphatic heterocycles. The molecular weight excluding hydrogens is 807 g/mol. The molecule has 0 heterocycles. The normalized spacial score (nSPS) is 13.9. The molecule has 1 amide bonds. The minimum atomic E-state index is -0.875. The molecule has 0 saturated heterocycles. The van der Waals surface area contributed by atoms with Crippen molar-refractivity contribution in [2.75, 3.05) is 6.61 Å². The zero-order chi connectivity index (χ0) is 47.7. The Morgan fingerprint density at radius 2 is 0.682 bits per heavy atom. The van der Waals surface area contributed by atoms with E-state index in [1.165, 1.54) is 122 Å². The molecule has 0 aromatic rings. The molecule has 0 saturated carbocycles. The van der Waals surface area contributed by atoms with E-state index in [0.717, 1.165) is 89.9 Å². The standard InChI is InChI=1S/C62H103NO3/c1-3-5-7-9-11-13-15-17-18-19-20-21-22-23-24-25-26-27-28-29-30-31-32-33-34-35-36-37-38-39-40-41-42-43-44-46-48-50-52-54-56-58-62(66)63-60(59-64)61(65)57-55-53-51-49-47-45-16-14-12-10-8-6-4-2/h5,7,11-14,17-18,20-21,23-24,26-27,29-30,32-33,47,49,55,57,60-61,64-65H,3-4,6,8-10,15-16,19,22,25,28,31,34-46,48,50-54,56,58-59H2,1-2H3,(H,63,66)/b7-5-,13-11-,14-12+,18-17-,21-20-,24-23-,27-26-,30-29-,33-32-,49-47+,57-55+. The third kappa shape index (κ3) is 51.5. The maximum absolute atomic E-state index is 12.4. The van der Waals surface area contributed by atoms with Crippen molar-refractivity contribution in [3.05, 3.63) is 134 Å². The largest absolute Gasteiger partial charge is 0.394 e. The molecule has 0 aliphatic rings. The van der Waals surface area contributed by atoms with Gasteiger partial charge in [-0.15, -0.1) is 0 Å². The van der Waals surface area contributed by atoms with Crippen LogP contribution in [-0.2, 0) is 4.79 Å². The second kappa shape index (κ2) is 55.9. The molecule has 0 aromatic heterocycles. The molecule has 0 aromatic carbocycles. The van der Waals surface area contributed by atoms with Gasteiger partial charge in [0, 0.05) is 6.42 Å². The van der Waals surface area contributed by atoms with E-state index in [0.29, 0.717) is 6.42 Å². The summed E-state index contributed by atoms with van der Waals surface area (Å²) in [5, 5.41) is 23.0. The molecule has 4 nitrogen and oxygen atoms in total. The van der Waals surface area contributed by atoms with Crippen LogP contribution in [0.1, 0.15) is 232 Å². The van der Waals surface area contributed by atoms with Crippen LogP contribution < -0.4 is 5.32 Å². The summed E-state index contributed by atoms with van der Waals surface area (Å²) < 4.78 is 0. The van der Waals surface area contributed by atoms with Gasteiger partial charge in [0.25, 0.3) is 0 Å². The highest BCUT2D eigenvalue weighted by atomic mass is 16.3. The van der Waals surface area contributed by atoms with E-state index in [4.69, 9.17) is 0 Å². The highest BCUT2D eigenvalue weighted by molar-refractivity contribution is 5.76. The molecule has 374 valence electrons. The Bertz CT molecular complexity index is 1350. The van der Waals surface area contributed by atoms with Crippen molar-refractivity contribution in [2.45, 2.75) is 244 Å². The van der Waals surface area contributed by atoms with Crippen LogP contribution >= 0.6 is 0 Å². The Labute approximate surface area is 409 Å². The number of aliphatic hydroxyl groups excluding tert-OH is 2. The molecule has 0 radical (unpaired) electrons. The smallest absolute Gasteiger partial charge is 0.220 e. The summed E-state index contributed by atoms with van der Waals surface area (Å²) in [6.45, 7) is 4.13. The minimum Gasteiger partial charge on any atom is -0.394 e. The highest BCUT2D eigenvalue weighted by Crippen LogP contribution is 2.15. The topological polar surface area (TPSA) is 69.6 Å². The first kappa shape index (κ1) is 62.5. The summed E-state index contributed by atoms with van der Waals surface area (Å²) >= 11 is 0. The van der Waals surface area contributed by atoms with E-state index in [2.05, 4.69) is 141 Å². The van der Waals surface area contributed by atoms with Crippen molar-refractivity contribution in [1.29, 1.82) is 0 Å². The third-order valence-corrected chi connectivity index (χ3v) is 11.6. The number of nitrogens with one attached hydrogen (secondary N) is 1. The Morgan fingerprint density at radius 3 is 1.06 bits per heavy atom. The van der Waals surface area contributed by atoms with Crippen LogP contribution in [0.2, 0.25) is 0 Å². The summed E-state index contributed by atoms with van der Waals surface area (Å²) in [4.78, 5) is 12.4. The number of aliphatic hydroxyl groups is 2. The van der Waals surface area contributed by atoms with Gasteiger partial charge in [0.1, 0.15) is 0 Å². The second-order valence-electron chi connectivity index (χ2n) is 17.9. The van der Waals surface area contributed by atoms with Crippen LogP contribution in [-0.4, -0.2) is 34.9 Å². The average Bonchev–Trinajstić information content (AvgIpc) is 3.32. The number of carbonyl (C=O) groups excluding carboxylic acids is 1. The first-order valence-corrected chi connectivity index (χ1v) is 27.4. The van der Waals surface area contributed by atoms with Crippen molar-refractivity contribution >= 4 is 5.91 Å². The van der Waals surface area contributed by atoms with Gasteiger partial charge in [0.05, 0.1) is 18.8 Å². The average molecular weight is 911 g/mol. The summed E-state index contributed by atoms with van der Waals surface area (Å²) in [5.74, 6) is -0.0833. The number of amides is 1. The van der Waals surface area contributed by atoms with Gasteiger partial charge in [-0.1, -0.05) is 250 Å². The molecule has 2 unspecified atom stereocenters. The number of hydrogen-bond acceptors (Lipinski definition) is 3. The Morgan fingerprint density at radius 1 is 0.379 bits per heavy atom. The van der Waals surface area contributed by atoms with Gasteiger partial charge in [0.15, 0.2) is 0 Å². The fraction of sp³-hybridized carbons (Fsp3) is 0.629. The molecule has 0 bridgehead atoms. The summed E-state index contributed by atoms with van der Waals surface area (Å²) in [6.07, 6.45) is 87.5. The summed E-state index contributed by atoms with van der Waals surface area (Å²) in [7, 11) is 0. The van der Waals surface area contributed by atoms with E-state index < -0.39 is 12.1 Å². The molecule has 3 N–H and O–H groups in total. The zero-order valence-electron chi connectivity index (χ0n) is 42.9. The van der Waals surface area contributed by atoms with Gasteiger partial charge in [-0.2, -0.15) is 0 Å². The number of hydrogen-bond donors (Lipinski definition) is 3.